The van der Waals surface area contributed by atoms with Gasteiger partial charge in [-0.05, 0) is 45.1 Å². The molecule has 0 spiro atoms. The zero-order valence-electron chi connectivity index (χ0n) is 10.2. The average molecular weight is 212 g/mol. The first-order chi connectivity index (χ1) is 7.04. The molecule has 0 radical (unpaired) electrons. The lowest BCUT2D eigenvalue weighted by Gasteiger charge is -2.28. The molecule has 1 amide bonds. The highest BCUT2D eigenvalue weighted by Gasteiger charge is 2.28. The number of hydrogen-bond acceptors (Lipinski definition) is 2. The Hall–Kier alpha value is -0.570. The third-order valence-electron chi connectivity index (χ3n) is 3.02. The molecule has 0 heterocycles. The minimum atomic E-state index is 0.273. The Morgan fingerprint density at radius 3 is 2.40 bits per heavy atom. The summed E-state index contributed by atoms with van der Waals surface area (Å²) in [5, 5.41) is 0. The summed E-state index contributed by atoms with van der Waals surface area (Å²) in [6.07, 6.45) is 3.19. The van der Waals surface area contributed by atoms with E-state index in [0.717, 1.165) is 12.5 Å². The number of amides is 1. The van der Waals surface area contributed by atoms with Crippen LogP contribution in [0.25, 0.3) is 0 Å². The van der Waals surface area contributed by atoms with Crippen molar-refractivity contribution in [2.24, 2.45) is 17.6 Å². The SMILES string of the molecule is CC(CN)CC(=O)N(CC1CC1)C(C)C. The fourth-order valence-corrected chi connectivity index (χ4v) is 1.68. The lowest BCUT2D eigenvalue weighted by molar-refractivity contribution is -0.134. The van der Waals surface area contributed by atoms with Crippen LogP contribution in [0.5, 0.6) is 0 Å². The topological polar surface area (TPSA) is 46.3 Å². The third-order valence-corrected chi connectivity index (χ3v) is 3.02. The van der Waals surface area contributed by atoms with E-state index in [2.05, 4.69) is 13.8 Å². The fourth-order valence-electron chi connectivity index (χ4n) is 1.68. The van der Waals surface area contributed by atoms with Gasteiger partial charge in [0.2, 0.25) is 5.91 Å². The summed E-state index contributed by atoms with van der Waals surface area (Å²) >= 11 is 0. The van der Waals surface area contributed by atoms with Crippen molar-refractivity contribution in [2.75, 3.05) is 13.1 Å². The molecule has 1 atom stereocenters. The second kappa shape index (κ2) is 5.50. The van der Waals surface area contributed by atoms with Crippen LogP contribution in [0.3, 0.4) is 0 Å². The van der Waals surface area contributed by atoms with Gasteiger partial charge in [-0.3, -0.25) is 4.79 Å². The maximum absolute atomic E-state index is 12.0. The third kappa shape index (κ3) is 4.20. The van der Waals surface area contributed by atoms with Crippen LogP contribution in [0, 0.1) is 11.8 Å². The smallest absolute Gasteiger partial charge is 0.223 e. The first kappa shape index (κ1) is 12.5. The molecule has 0 saturated heterocycles. The Kier molecular flexibility index (Phi) is 4.58. The van der Waals surface area contributed by atoms with Crippen molar-refractivity contribution in [2.45, 2.75) is 46.1 Å². The van der Waals surface area contributed by atoms with Crippen LogP contribution in [0.1, 0.15) is 40.0 Å². The van der Waals surface area contributed by atoms with Crippen LogP contribution in [0.4, 0.5) is 0 Å². The molecule has 2 N–H and O–H groups in total. The van der Waals surface area contributed by atoms with E-state index in [1.807, 2.05) is 11.8 Å². The second-order valence-corrected chi connectivity index (χ2v) is 5.13. The molecule has 1 rings (SSSR count). The Balaban J connectivity index is 2.42. The highest BCUT2D eigenvalue weighted by molar-refractivity contribution is 5.76. The monoisotopic (exact) mass is 212 g/mol. The van der Waals surface area contributed by atoms with Crippen LogP contribution >= 0.6 is 0 Å². The number of hydrogen-bond donors (Lipinski definition) is 1. The Morgan fingerprint density at radius 1 is 1.40 bits per heavy atom. The molecule has 0 aromatic heterocycles. The molecule has 1 fully saturated rings. The number of nitrogens with zero attached hydrogens (tertiary/aromatic N) is 1. The zero-order chi connectivity index (χ0) is 11.4. The van der Waals surface area contributed by atoms with Crippen LogP contribution in [0.15, 0.2) is 0 Å². The van der Waals surface area contributed by atoms with Crippen molar-refractivity contribution in [3.8, 4) is 0 Å². The van der Waals surface area contributed by atoms with E-state index in [0.29, 0.717) is 24.9 Å². The van der Waals surface area contributed by atoms with E-state index in [4.69, 9.17) is 5.73 Å². The summed E-state index contributed by atoms with van der Waals surface area (Å²) in [5.74, 6) is 1.34. The Morgan fingerprint density at radius 2 is 2.00 bits per heavy atom. The number of rotatable bonds is 6. The van der Waals surface area contributed by atoms with Crippen molar-refractivity contribution < 1.29 is 4.79 Å². The lowest BCUT2D eigenvalue weighted by Crippen LogP contribution is -2.39. The highest BCUT2D eigenvalue weighted by atomic mass is 16.2. The molecule has 3 heteroatoms. The standard InChI is InChI=1S/C12H24N2O/c1-9(2)14(8-11-4-5-11)12(15)6-10(3)7-13/h9-11H,4-8,13H2,1-3H3. The van der Waals surface area contributed by atoms with E-state index in [1.54, 1.807) is 0 Å². The van der Waals surface area contributed by atoms with Gasteiger partial charge in [0, 0.05) is 19.0 Å². The van der Waals surface area contributed by atoms with Crippen LogP contribution in [0.2, 0.25) is 0 Å². The fraction of sp³-hybridized carbons (Fsp3) is 0.917. The van der Waals surface area contributed by atoms with Crippen LogP contribution in [-0.4, -0.2) is 29.9 Å². The van der Waals surface area contributed by atoms with Gasteiger partial charge in [0.05, 0.1) is 0 Å². The van der Waals surface area contributed by atoms with Gasteiger partial charge < -0.3 is 10.6 Å². The molecular formula is C12H24N2O. The van der Waals surface area contributed by atoms with Crippen molar-refractivity contribution >= 4 is 5.91 Å². The average Bonchev–Trinajstić information content (AvgIpc) is 2.96. The number of nitrogens with two attached hydrogens (primary N) is 1. The zero-order valence-corrected chi connectivity index (χ0v) is 10.2. The molecule has 0 aromatic carbocycles. The maximum Gasteiger partial charge on any atom is 0.223 e. The second-order valence-electron chi connectivity index (χ2n) is 5.13. The number of carbonyl (C=O) groups excluding carboxylic acids is 1. The molecule has 0 aliphatic heterocycles. The maximum atomic E-state index is 12.0. The molecule has 1 aliphatic carbocycles. The first-order valence-corrected chi connectivity index (χ1v) is 6.04. The molecule has 0 bridgehead atoms. The summed E-state index contributed by atoms with van der Waals surface area (Å²) in [5.41, 5.74) is 5.54. The van der Waals surface area contributed by atoms with E-state index in [9.17, 15) is 4.79 Å². The van der Waals surface area contributed by atoms with Crippen LogP contribution < -0.4 is 5.73 Å². The molecule has 3 nitrogen and oxygen atoms in total. The predicted molar refractivity (Wildman–Crippen MR) is 62.4 cm³/mol. The lowest BCUT2D eigenvalue weighted by atomic mass is 10.1. The quantitative estimate of drug-likeness (QED) is 0.727. The largest absolute Gasteiger partial charge is 0.340 e. The van der Waals surface area contributed by atoms with Gasteiger partial charge in [-0.1, -0.05) is 6.92 Å². The summed E-state index contributed by atoms with van der Waals surface area (Å²) in [7, 11) is 0. The van der Waals surface area contributed by atoms with Crippen molar-refractivity contribution in [1.29, 1.82) is 0 Å². The van der Waals surface area contributed by atoms with Gasteiger partial charge in [0.15, 0.2) is 0 Å². The van der Waals surface area contributed by atoms with Gasteiger partial charge in [-0.2, -0.15) is 0 Å². The van der Waals surface area contributed by atoms with Gasteiger partial charge in [0.1, 0.15) is 0 Å². The summed E-state index contributed by atoms with van der Waals surface area (Å²) < 4.78 is 0. The van der Waals surface area contributed by atoms with Crippen molar-refractivity contribution in [3.05, 3.63) is 0 Å². The molecule has 0 aromatic rings. The van der Waals surface area contributed by atoms with Gasteiger partial charge in [-0.15, -0.1) is 0 Å². The minimum Gasteiger partial charge on any atom is -0.340 e. The molecule has 88 valence electrons. The molecule has 1 saturated carbocycles. The normalized spacial score (nSPS) is 17.9. The molecule has 15 heavy (non-hydrogen) atoms. The van der Waals surface area contributed by atoms with Crippen molar-refractivity contribution in [3.63, 3.8) is 0 Å². The van der Waals surface area contributed by atoms with E-state index in [-0.39, 0.29) is 5.91 Å². The Labute approximate surface area is 93.0 Å². The van der Waals surface area contributed by atoms with Gasteiger partial charge in [0.25, 0.3) is 0 Å². The predicted octanol–water partition coefficient (Wildman–Crippen LogP) is 1.62. The highest BCUT2D eigenvalue weighted by Crippen LogP contribution is 2.30. The molecule has 1 unspecified atom stereocenters. The summed E-state index contributed by atoms with van der Waals surface area (Å²) in [4.78, 5) is 14.0. The first-order valence-electron chi connectivity index (χ1n) is 6.04. The van der Waals surface area contributed by atoms with E-state index < -0.39 is 0 Å². The molecular weight excluding hydrogens is 188 g/mol. The Bertz CT molecular complexity index is 212. The summed E-state index contributed by atoms with van der Waals surface area (Å²) in [6, 6.07) is 0.322. The van der Waals surface area contributed by atoms with E-state index >= 15 is 0 Å². The minimum absolute atomic E-state index is 0.273. The van der Waals surface area contributed by atoms with Crippen molar-refractivity contribution in [1.82, 2.24) is 4.90 Å². The van der Waals surface area contributed by atoms with Gasteiger partial charge >= 0.3 is 0 Å². The van der Waals surface area contributed by atoms with E-state index in [1.165, 1.54) is 12.8 Å². The van der Waals surface area contributed by atoms with Crippen LogP contribution in [-0.2, 0) is 4.79 Å². The van der Waals surface area contributed by atoms with Gasteiger partial charge in [-0.25, -0.2) is 0 Å². The molecule has 1 aliphatic rings. The summed E-state index contributed by atoms with van der Waals surface area (Å²) in [6.45, 7) is 7.77. The number of carbonyl (C=O) groups is 1.